The Labute approximate surface area is 128 Å². The van der Waals surface area contributed by atoms with E-state index in [4.69, 9.17) is 5.73 Å². The lowest BCUT2D eigenvalue weighted by molar-refractivity contribution is 0.100. The van der Waals surface area contributed by atoms with Crippen LogP contribution in [0.4, 0.5) is 5.69 Å². The molecule has 2 aromatic heterocycles. The summed E-state index contributed by atoms with van der Waals surface area (Å²) in [5.74, 6) is -0.464. The van der Waals surface area contributed by atoms with Crippen LogP contribution < -0.4 is 10.6 Å². The van der Waals surface area contributed by atoms with Crippen molar-refractivity contribution in [2.75, 3.05) is 32.1 Å². The van der Waals surface area contributed by atoms with Gasteiger partial charge >= 0.3 is 0 Å². The smallest absolute Gasteiger partial charge is 0.252 e. The number of nitrogens with two attached hydrogens (primary N) is 1. The number of pyridine rings is 1. The lowest BCUT2D eigenvalue weighted by Crippen LogP contribution is -2.36. The molecule has 0 spiro atoms. The maximum atomic E-state index is 11.6. The highest BCUT2D eigenvalue weighted by molar-refractivity contribution is 5.98. The van der Waals surface area contributed by atoms with Crippen molar-refractivity contribution < 1.29 is 4.79 Å². The summed E-state index contributed by atoms with van der Waals surface area (Å²) in [6.45, 7) is 1.51. The summed E-state index contributed by atoms with van der Waals surface area (Å²) >= 11 is 0. The van der Waals surface area contributed by atoms with Crippen LogP contribution in [0.2, 0.25) is 0 Å². The molecule has 1 amide bonds. The van der Waals surface area contributed by atoms with Crippen molar-refractivity contribution in [2.45, 2.75) is 12.1 Å². The highest BCUT2D eigenvalue weighted by Crippen LogP contribution is 2.30. The van der Waals surface area contributed by atoms with Crippen molar-refractivity contribution >= 4 is 11.6 Å². The topological polar surface area (TPSA) is 93.2 Å². The number of nitrogens with zero attached hydrogens (tertiary/aromatic N) is 6. The lowest BCUT2D eigenvalue weighted by atomic mass is 10.1. The Morgan fingerprint density at radius 3 is 2.82 bits per heavy atom. The number of rotatable bonds is 4. The molecule has 3 rings (SSSR count). The van der Waals surface area contributed by atoms with E-state index in [1.165, 1.54) is 6.20 Å². The molecule has 0 unspecified atom stereocenters. The molecule has 0 radical (unpaired) electrons. The van der Waals surface area contributed by atoms with E-state index in [0.29, 0.717) is 5.56 Å². The molecular formula is C14H19N7O. The van der Waals surface area contributed by atoms with Gasteiger partial charge in [-0.05, 0) is 20.2 Å². The fraction of sp³-hybridized carbons (Fsp3) is 0.429. The standard InChI is InChI=1S/C14H19N7O/c1-19(2)12-8-20(9-13(12)21-6-5-17-18-21)11-3-4-16-7-10(11)14(15)22/h3-7,12-13H,8-9H2,1-2H3,(H2,15,22)/t12-,13+/m1/s1. The zero-order valence-electron chi connectivity index (χ0n) is 12.6. The average Bonchev–Trinajstić information content (AvgIpc) is 3.16. The normalized spacial score (nSPS) is 21.5. The largest absolute Gasteiger partial charge is 0.367 e. The third kappa shape index (κ3) is 2.52. The monoisotopic (exact) mass is 301 g/mol. The second-order valence-electron chi connectivity index (χ2n) is 5.64. The molecule has 22 heavy (non-hydrogen) atoms. The Balaban J connectivity index is 1.93. The Morgan fingerprint density at radius 1 is 1.36 bits per heavy atom. The molecule has 1 saturated heterocycles. The van der Waals surface area contributed by atoms with Crippen LogP contribution >= 0.6 is 0 Å². The summed E-state index contributed by atoms with van der Waals surface area (Å²) < 4.78 is 1.87. The van der Waals surface area contributed by atoms with Crippen molar-refractivity contribution in [1.29, 1.82) is 0 Å². The third-order valence-corrected chi connectivity index (χ3v) is 4.11. The van der Waals surface area contributed by atoms with Crippen LogP contribution in [-0.2, 0) is 0 Å². The van der Waals surface area contributed by atoms with E-state index in [-0.39, 0.29) is 12.1 Å². The number of likely N-dealkylation sites (N-methyl/N-ethyl adjacent to an activating group) is 1. The summed E-state index contributed by atoms with van der Waals surface area (Å²) in [5.41, 5.74) is 6.72. The number of primary amides is 1. The van der Waals surface area contributed by atoms with Crippen molar-refractivity contribution in [3.63, 3.8) is 0 Å². The molecule has 2 aromatic rings. The van der Waals surface area contributed by atoms with Crippen molar-refractivity contribution in [3.05, 3.63) is 36.4 Å². The average molecular weight is 301 g/mol. The van der Waals surface area contributed by atoms with Gasteiger partial charge in [0.1, 0.15) is 0 Å². The minimum Gasteiger partial charge on any atom is -0.367 e. The SMILES string of the molecule is CN(C)[C@@H]1CN(c2ccncc2C(N)=O)C[C@@H]1n1ccnn1. The second-order valence-corrected chi connectivity index (χ2v) is 5.64. The number of hydrogen-bond donors (Lipinski definition) is 1. The van der Waals surface area contributed by atoms with E-state index in [9.17, 15) is 4.79 Å². The molecule has 3 heterocycles. The van der Waals surface area contributed by atoms with Crippen LogP contribution in [0.15, 0.2) is 30.9 Å². The predicted octanol–water partition coefficient (Wildman–Crippen LogP) is -0.236. The second kappa shape index (κ2) is 5.72. The van der Waals surface area contributed by atoms with E-state index in [0.717, 1.165) is 18.8 Å². The number of aromatic nitrogens is 4. The Bertz CT molecular complexity index is 655. The van der Waals surface area contributed by atoms with Gasteiger partial charge in [0, 0.05) is 31.7 Å². The third-order valence-electron chi connectivity index (χ3n) is 4.11. The number of hydrogen-bond acceptors (Lipinski definition) is 6. The highest BCUT2D eigenvalue weighted by atomic mass is 16.1. The Morgan fingerprint density at radius 2 is 2.18 bits per heavy atom. The molecule has 116 valence electrons. The predicted molar refractivity (Wildman–Crippen MR) is 81.5 cm³/mol. The van der Waals surface area contributed by atoms with Crippen LogP contribution in [0.5, 0.6) is 0 Å². The summed E-state index contributed by atoms with van der Waals surface area (Å²) in [6.07, 6.45) is 6.74. The van der Waals surface area contributed by atoms with Gasteiger partial charge in [0.25, 0.3) is 5.91 Å². The van der Waals surface area contributed by atoms with Gasteiger partial charge in [0.05, 0.1) is 29.5 Å². The van der Waals surface area contributed by atoms with Gasteiger partial charge in [-0.15, -0.1) is 5.10 Å². The van der Waals surface area contributed by atoms with Gasteiger partial charge in [-0.25, -0.2) is 4.68 Å². The molecule has 2 N–H and O–H groups in total. The molecule has 0 bridgehead atoms. The molecule has 0 saturated carbocycles. The van der Waals surface area contributed by atoms with Gasteiger partial charge in [-0.1, -0.05) is 5.21 Å². The first kappa shape index (κ1) is 14.5. The van der Waals surface area contributed by atoms with Gasteiger partial charge in [0.15, 0.2) is 0 Å². The number of carbonyl (C=O) groups is 1. The van der Waals surface area contributed by atoms with Crippen molar-refractivity contribution in [3.8, 4) is 0 Å². The Kier molecular flexibility index (Phi) is 3.76. The zero-order chi connectivity index (χ0) is 15.7. The van der Waals surface area contributed by atoms with Gasteiger partial charge < -0.3 is 15.5 Å². The summed E-state index contributed by atoms with van der Waals surface area (Å²) in [5, 5.41) is 8.02. The maximum Gasteiger partial charge on any atom is 0.252 e. The van der Waals surface area contributed by atoms with Gasteiger partial charge in [-0.2, -0.15) is 0 Å². The maximum absolute atomic E-state index is 11.6. The van der Waals surface area contributed by atoms with Gasteiger partial charge in [-0.3, -0.25) is 9.78 Å². The molecular weight excluding hydrogens is 282 g/mol. The van der Waals surface area contributed by atoms with Crippen LogP contribution in [-0.4, -0.2) is 64.0 Å². The minimum atomic E-state index is -0.464. The van der Waals surface area contributed by atoms with E-state index < -0.39 is 5.91 Å². The minimum absolute atomic E-state index is 0.159. The molecule has 1 aliphatic rings. The van der Waals surface area contributed by atoms with Gasteiger partial charge in [0.2, 0.25) is 0 Å². The number of carbonyl (C=O) groups excluding carboxylic acids is 1. The first-order chi connectivity index (χ1) is 10.6. The van der Waals surface area contributed by atoms with Crippen molar-refractivity contribution in [1.82, 2.24) is 24.9 Å². The van der Waals surface area contributed by atoms with E-state index >= 15 is 0 Å². The fourth-order valence-electron chi connectivity index (χ4n) is 2.98. The fourth-order valence-corrected chi connectivity index (χ4v) is 2.98. The molecule has 1 aliphatic heterocycles. The van der Waals surface area contributed by atoms with Crippen molar-refractivity contribution in [2.24, 2.45) is 5.73 Å². The number of amides is 1. The molecule has 2 atom stereocenters. The number of anilines is 1. The van der Waals surface area contributed by atoms with Crippen LogP contribution in [0, 0.1) is 0 Å². The summed E-state index contributed by atoms with van der Waals surface area (Å²) in [6, 6.07) is 2.25. The summed E-state index contributed by atoms with van der Waals surface area (Å²) in [7, 11) is 4.08. The molecule has 8 heteroatoms. The lowest BCUT2D eigenvalue weighted by Gasteiger charge is -2.24. The van der Waals surface area contributed by atoms with Crippen LogP contribution in [0.3, 0.4) is 0 Å². The molecule has 8 nitrogen and oxygen atoms in total. The van der Waals surface area contributed by atoms with E-state index in [1.54, 1.807) is 12.4 Å². The Hall–Kier alpha value is -2.48. The molecule has 1 fully saturated rings. The van der Waals surface area contributed by atoms with E-state index in [1.807, 2.05) is 31.0 Å². The molecule has 0 aliphatic carbocycles. The molecule has 0 aromatic carbocycles. The quantitative estimate of drug-likeness (QED) is 0.838. The van der Waals surface area contributed by atoms with Crippen LogP contribution in [0.25, 0.3) is 0 Å². The summed E-state index contributed by atoms with van der Waals surface area (Å²) in [4.78, 5) is 19.9. The van der Waals surface area contributed by atoms with E-state index in [2.05, 4.69) is 25.1 Å². The van der Waals surface area contributed by atoms with Crippen LogP contribution in [0.1, 0.15) is 16.4 Å². The first-order valence-electron chi connectivity index (χ1n) is 7.09. The highest BCUT2D eigenvalue weighted by Gasteiger charge is 2.37. The first-order valence-corrected chi connectivity index (χ1v) is 7.09. The zero-order valence-corrected chi connectivity index (χ0v) is 12.6.